The monoisotopic (exact) mass is 258 g/mol. The first-order chi connectivity index (χ1) is 7.71. The first-order valence-electron chi connectivity index (χ1n) is 4.00. The van der Waals surface area contributed by atoms with Crippen molar-refractivity contribution in [2.24, 2.45) is 0 Å². The summed E-state index contributed by atoms with van der Waals surface area (Å²) < 4.78 is 77.7. The second kappa shape index (κ2) is 4.56. The van der Waals surface area contributed by atoms with E-state index in [1.165, 1.54) is 0 Å². The summed E-state index contributed by atoms with van der Waals surface area (Å²) >= 11 is 0. The molecule has 0 spiro atoms. The van der Waals surface area contributed by atoms with Crippen molar-refractivity contribution < 1.29 is 36.2 Å². The van der Waals surface area contributed by atoms with E-state index in [9.17, 15) is 26.3 Å². The van der Waals surface area contributed by atoms with Gasteiger partial charge in [-0.25, -0.2) is 8.78 Å². The van der Waals surface area contributed by atoms with Crippen molar-refractivity contribution in [2.45, 2.75) is 6.11 Å². The van der Waals surface area contributed by atoms with Crippen molar-refractivity contribution in [1.29, 1.82) is 0 Å². The molecule has 94 valence electrons. The molecule has 0 aliphatic rings. The molecule has 0 fully saturated rings. The Hall–Kier alpha value is -1.86. The van der Waals surface area contributed by atoms with Gasteiger partial charge in [0.15, 0.2) is 17.4 Å². The summed E-state index contributed by atoms with van der Waals surface area (Å²) in [7, 11) is 0. The SMILES string of the molecule is Oc1cc(F)c(OC(F)(F)C=C(F)F)c(F)c1. The van der Waals surface area contributed by atoms with Gasteiger partial charge in [-0.15, -0.1) is 0 Å². The molecular formula is C9H4F6O2. The maximum absolute atomic E-state index is 12.9. The van der Waals surface area contributed by atoms with Gasteiger partial charge in [0.2, 0.25) is 0 Å². The molecule has 0 unspecified atom stereocenters. The summed E-state index contributed by atoms with van der Waals surface area (Å²) in [5.74, 6) is -5.71. The zero-order valence-electron chi connectivity index (χ0n) is 7.86. The van der Waals surface area contributed by atoms with Crippen molar-refractivity contribution in [2.75, 3.05) is 0 Å². The average molecular weight is 258 g/mol. The molecule has 8 heteroatoms. The van der Waals surface area contributed by atoms with Crippen LogP contribution in [0.3, 0.4) is 0 Å². The summed E-state index contributed by atoms with van der Waals surface area (Å²) in [5.41, 5.74) is 0. The maximum Gasteiger partial charge on any atom is 0.425 e. The lowest BCUT2D eigenvalue weighted by Gasteiger charge is -2.14. The Morgan fingerprint density at radius 2 is 1.65 bits per heavy atom. The van der Waals surface area contributed by atoms with Crippen LogP contribution in [-0.2, 0) is 0 Å². The molecule has 1 rings (SSSR count). The van der Waals surface area contributed by atoms with Gasteiger partial charge in [-0.3, -0.25) is 0 Å². The number of ether oxygens (including phenoxy) is 1. The van der Waals surface area contributed by atoms with Crippen LogP contribution in [0.5, 0.6) is 11.5 Å². The van der Waals surface area contributed by atoms with E-state index >= 15 is 0 Å². The van der Waals surface area contributed by atoms with Gasteiger partial charge in [-0.05, 0) is 0 Å². The van der Waals surface area contributed by atoms with Crippen LogP contribution in [0, 0.1) is 11.6 Å². The van der Waals surface area contributed by atoms with E-state index in [1.54, 1.807) is 0 Å². The highest BCUT2D eigenvalue weighted by Crippen LogP contribution is 2.31. The fraction of sp³-hybridized carbons (Fsp3) is 0.111. The van der Waals surface area contributed by atoms with E-state index in [1.807, 2.05) is 0 Å². The molecule has 0 aromatic heterocycles. The number of hydrogen-bond acceptors (Lipinski definition) is 2. The van der Waals surface area contributed by atoms with Crippen LogP contribution in [0.4, 0.5) is 26.3 Å². The standard InChI is InChI=1S/C9H4F6O2/c10-5-1-4(16)2-6(11)8(5)17-9(14,15)3-7(12)13/h1-3,16H. The lowest BCUT2D eigenvalue weighted by molar-refractivity contribution is -0.137. The second-order valence-electron chi connectivity index (χ2n) is 2.84. The summed E-state index contributed by atoms with van der Waals surface area (Å²) in [6, 6.07) is 0.591. The van der Waals surface area contributed by atoms with Gasteiger partial charge < -0.3 is 9.84 Å². The smallest absolute Gasteiger partial charge is 0.425 e. The van der Waals surface area contributed by atoms with Gasteiger partial charge in [-0.1, -0.05) is 0 Å². The molecule has 0 amide bonds. The Labute approximate surface area is 90.7 Å². The highest BCUT2D eigenvalue weighted by Gasteiger charge is 2.33. The number of benzene rings is 1. The van der Waals surface area contributed by atoms with Crippen molar-refractivity contribution in [3.63, 3.8) is 0 Å². The topological polar surface area (TPSA) is 29.5 Å². The molecule has 2 nitrogen and oxygen atoms in total. The molecule has 0 heterocycles. The lowest BCUT2D eigenvalue weighted by Crippen LogP contribution is -2.23. The van der Waals surface area contributed by atoms with E-state index in [2.05, 4.69) is 4.74 Å². The normalized spacial score (nSPS) is 11.2. The van der Waals surface area contributed by atoms with Crippen LogP contribution in [-0.4, -0.2) is 11.2 Å². The summed E-state index contributed by atoms with van der Waals surface area (Å²) in [5, 5.41) is 8.71. The van der Waals surface area contributed by atoms with Crippen molar-refractivity contribution in [3.05, 3.63) is 35.9 Å². The fourth-order valence-corrected chi connectivity index (χ4v) is 0.937. The molecule has 0 radical (unpaired) electrons. The number of halogens is 6. The average Bonchev–Trinajstić information content (AvgIpc) is 2.09. The Balaban J connectivity index is 3.08. The largest absolute Gasteiger partial charge is 0.508 e. The quantitative estimate of drug-likeness (QED) is 0.841. The summed E-state index contributed by atoms with van der Waals surface area (Å²) in [4.78, 5) is 0. The third kappa shape index (κ3) is 3.58. The van der Waals surface area contributed by atoms with Crippen LogP contribution in [0.25, 0.3) is 0 Å². The molecule has 1 N–H and O–H groups in total. The van der Waals surface area contributed by atoms with E-state index in [0.29, 0.717) is 12.1 Å². The number of phenolic OH excluding ortho intramolecular Hbond substituents is 1. The zero-order chi connectivity index (χ0) is 13.2. The van der Waals surface area contributed by atoms with E-state index in [4.69, 9.17) is 5.11 Å². The van der Waals surface area contributed by atoms with E-state index in [0.717, 1.165) is 0 Å². The summed E-state index contributed by atoms with van der Waals surface area (Å²) in [6.45, 7) is 0. The zero-order valence-corrected chi connectivity index (χ0v) is 7.86. The molecule has 0 bridgehead atoms. The fourth-order valence-electron chi connectivity index (χ4n) is 0.937. The van der Waals surface area contributed by atoms with Gasteiger partial charge in [0.05, 0.1) is 6.08 Å². The first-order valence-corrected chi connectivity index (χ1v) is 4.00. The molecule has 17 heavy (non-hydrogen) atoms. The maximum atomic E-state index is 12.9. The molecular weight excluding hydrogens is 254 g/mol. The minimum Gasteiger partial charge on any atom is -0.508 e. The van der Waals surface area contributed by atoms with Crippen molar-refractivity contribution in [3.8, 4) is 11.5 Å². The summed E-state index contributed by atoms with van der Waals surface area (Å²) in [6.07, 6.45) is -8.24. The Morgan fingerprint density at radius 3 is 2.06 bits per heavy atom. The molecule has 1 aromatic carbocycles. The minimum atomic E-state index is -4.57. The Kier molecular flexibility index (Phi) is 3.54. The van der Waals surface area contributed by atoms with Gasteiger partial charge in [0.25, 0.3) is 6.08 Å². The lowest BCUT2D eigenvalue weighted by atomic mass is 10.3. The first kappa shape index (κ1) is 13.2. The third-order valence-corrected chi connectivity index (χ3v) is 1.50. The van der Waals surface area contributed by atoms with E-state index < -0.39 is 41.4 Å². The minimum absolute atomic E-state index is 0.296. The predicted molar refractivity (Wildman–Crippen MR) is 43.9 cm³/mol. The van der Waals surface area contributed by atoms with Gasteiger partial charge in [0, 0.05) is 12.1 Å². The highest BCUT2D eigenvalue weighted by atomic mass is 19.3. The molecule has 1 aromatic rings. The number of alkyl halides is 2. The van der Waals surface area contributed by atoms with Gasteiger partial charge >= 0.3 is 6.11 Å². The van der Waals surface area contributed by atoms with Crippen LogP contribution < -0.4 is 4.74 Å². The van der Waals surface area contributed by atoms with Gasteiger partial charge in [-0.2, -0.15) is 17.6 Å². The number of phenols is 1. The second-order valence-corrected chi connectivity index (χ2v) is 2.84. The number of aromatic hydroxyl groups is 1. The number of rotatable bonds is 3. The molecule has 0 aliphatic carbocycles. The van der Waals surface area contributed by atoms with Crippen LogP contribution in [0.2, 0.25) is 0 Å². The van der Waals surface area contributed by atoms with Crippen LogP contribution in [0.15, 0.2) is 24.3 Å². The number of hydrogen-bond donors (Lipinski definition) is 1. The third-order valence-electron chi connectivity index (χ3n) is 1.50. The van der Waals surface area contributed by atoms with Crippen molar-refractivity contribution >= 4 is 0 Å². The predicted octanol–water partition coefficient (Wildman–Crippen LogP) is 3.42. The van der Waals surface area contributed by atoms with Crippen LogP contribution >= 0.6 is 0 Å². The molecule has 0 saturated carbocycles. The molecule has 0 saturated heterocycles. The Bertz CT molecular complexity index is 430. The highest BCUT2D eigenvalue weighted by molar-refractivity contribution is 5.34. The van der Waals surface area contributed by atoms with Gasteiger partial charge in [0.1, 0.15) is 5.75 Å². The van der Waals surface area contributed by atoms with E-state index in [-0.39, 0.29) is 0 Å². The Morgan fingerprint density at radius 1 is 1.18 bits per heavy atom. The van der Waals surface area contributed by atoms with Crippen LogP contribution in [0.1, 0.15) is 0 Å². The molecule has 0 atom stereocenters. The molecule has 0 aliphatic heterocycles. The van der Waals surface area contributed by atoms with Crippen molar-refractivity contribution in [1.82, 2.24) is 0 Å².